The second kappa shape index (κ2) is 4.79. The standard InChI is InChI=1S/C13H15N5O/c19-12(14-10-6-2-1-3-7-10)13(8-4-5-9-13)11-15-17-18-16-11/h1-3,6-7H,4-5,8-9H2,(H,14,19)(H,15,16,17,18). The molecule has 0 bridgehead atoms. The normalized spacial score (nSPS) is 17.3. The minimum absolute atomic E-state index is 0.0439. The molecule has 0 aliphatic heterocycles. The average Bonchev–Trinajstić information content (AvgIpc) is 3.12. The second-order valence-electron chi connectivity index (χ2n) is 4.84. The summed E-state index contributed by atoms with van der Waals surface area (Å²) in [6.07, 6.45) is 3.56. The Morgan fingerprint density at radius 3 is 2.58 bits per heavy atom. The number of rotatable bonds is 3. The highest BCUT2D eigenvalue weighted by molar-refractivity contribution is 5.98. The third-order valence-corrected chi connectivity index (χ3v) is 3.70. The molecule has 0 atom stereocenters. The van der Waals surface area contributed by atoms with Crippen LogP contribution < -0.4 is 5.32 Å². The third-order valence-electron chi connectivity index (χ3n) is 3.70. The SMILES string of the molecule is O=C(Nc1ccccc1)C1(c2nn[nH]n2)CCCC1. The highest BCUT2D eigenvalue weighted by atomic mass is 16.2. The van der Waals surface area contributed by atoms with Gasteiger partial charge in [0.2, 0.25) is 5.91 Å². The van der Waals surface area contributed by atoms with Crippen LogP contribution in [0.5, 0.6) is 0 Å². The van der Waals surface area contributed by atoms with E-state index in [4.69, 9.17) is 0 Å². The maximum absolute atomic E-state index is 12.6. The predicted molar refractivity (Wildman–Crippen MR) is 69.4 cm³/mol. The Labute approximate surface area is 110 Å². The van der Waals surface area contributed by atoms with E-state index in [1.807, 2.05) is 30.3 Å². The summed E-state index contributed by atoms with van der Waals surface area (Å²) in [5.74, 6) is 0.455. The Hall–Kier alpha value is -2.24. The van der Waals surface area contributed by atoms with E-state index in [-0.39, 0.29) is 5.91 Å². The highest BCUT2D eigenvalue weighted by Gasteiger charge is 2.46. The Bertz CT molecular complexity index is 546. The van der Waals surface area contributed by atoms with Crippen LogP contribution >= 0.6 is 0 Å². The van der Waals surface area contributed by atoms with Gasteiger partial charge in [-0.25, -0.2) is 0 Å². The van der Waals surface area contributed by atoms with Gasteiger partial charge in [-0.15, -0.1) is 10.2 Å². The van der Waals surface area contributed by atoms with Crippen LogP contribution in [0.2, 0.25) is 0 Å². The smallest absolute Gasteiger partial charge is 0.238 e. The predicted octanol–water partition coefficient (Wildman–Crippen LogP) is 1.65. The highest BCUT2D eigenvalue weighted by Crippen LogP contribution is 2.40. The molecule has 0 radical (unpaired) electrons. The molecule has 1 amide bonds. The summed E-state index contributed by atoms with van der Waals surface area (Å²) < 4.78 is 0. The number of carbonyl (C=O) groups excluding carboxylic acids is 1. The Balaban J connectivity index is 1.87. The van der Waals surface area contributed by atoms with Crippen molar-refractivity contribution >= 4 is 11.6 Å². The number of H-pyrrole nitrogens is 1. The van der Waals surface area contributed by atoms with E-state index in [2.05, 4.69) is 25.9 Å². The van der Waals surface area contributed by atoms with Crippen molar-refractivity contribution in [3.8, 4) is 0 Å². The topological polar surface area (TPSA) is 83.6 Å². The van der Waals surface area contributed by atoms with Crippen LogP contribution in [0, 0.1) is 0 Å². The lowest BCUT2D eigenvalue weighted by Gasteiger charge is -2.23. The number of hydrogen-bond acceptors (Lipinski definition) is 4. The van der Waals surface area contributed by atoms with Gasteiger partial charge >= 0.3 is 0 Å². The fourth-order valence-corrected chi connectivity index (χ4v) is 2.67. The number of amides is 1. The minimum atomic E-state index is -0.636. The summed E-state index contributed by atoms with van der Waals surface area (Å²) in [5.41, 5.74) is 0.158. The van der Waals surface area contributed by atoms with Gasteiger partial charge < -0.3 is 5.32 Å². The lowest BCUT2D eigenvalue weighted by molar-refractivity contribution is -0.121. The number of nitrogens with zero attached hydrogens (tertiary/aromatic N) is 3. The number of aromatic nitrogens is 4. The number of benzene rings is 1. The summed E-state index contributed by atoms with van der Waals surface area (Å²) >= 11 is 0. The van der Waals surface area contributed by atoms with Crippen LogP contribution in [0.4, 0.5) is 5.69 Å². The van der Waals surface area contributed by atoms with Crippen molar-refractivity contribution in [1.29, 1.82) is 0 Å². The molecule has 3 rings (SSSR count). The molecule has 2 N–H and O–H groups in total. The molecular formula is C13H15N5O. The lowest BCUT2D eigenvalue weighted by Crippen LogP contribution is -2.39. The van der Waals surface area contributed by atoms with Crippen molar-refractivity contribution in [2.24, 2.45) is 0 Å². The number of hydrogen-bond donors (Lipinski definition) is 2. The number of nitrogens with one attached hydrogen (secondary N) is 2. The molecule has 1 saturated carbocycles. The number of aromatic amines is 1. The van der Waals surface area contributed by atoms with Gasteiger partial charge in [-0.1, -0.05) is 36.3 Å². The van der Waals surface area contributed by atoms with Crippen molar-refractivity contribution in [3.05, 3.63) is 36.2 Å². The van der Waals surface area contributed by atoms with Gasteiger partial charge in [-0.3, -0.25) is 4.79 Å². The Morgan fingerprint density at radius 1 is 1.21 bits per heavy atom. The molecule has 1 aliphatic rings. The first-order valence-corrected chi connectivity index (χ1v) is 6.42. The molecule has 2 aromatic rings. The molecule has 1 aromatic heterocycles. The summed E-state index contributed by atoms with van der Waals surface area (Å²) in [6, 6.07) is 9.45. The number of carbonyl (C=O) groups is 1. The third kappa shape index (κ3) is 2.09. The van der Waals surface area contributed by atoms with Crippen molar-refractivity contribution in [2.75, 3.05) is 5.32 Å². The Morgan fingerprint density at radius 2 is 1.95 bits per heavy atom. The molecule has 19 heavy (non-hydrogen) atoms. The van der Waals surface area contributed by atoms with Gasteiger partial charge in [0.05, 0.1) is 0 Å². The van der Waals surface area contributed by atoms with Crippen LogP contribution in [0.15, 0.2) is 30.3 Å². The fraction of sp³-hybridized carbons (Fsp3) is 0.385. The van der Waals surface area contributed by atoms with Crippen molar-refractivity contribution in [3.63, 3.8) is 0 Å². The Kier molecular flexibility index (Phi) is 2.98. The molecule has 0 unspecified atom stereocenters. The monoisotopic (exact) mass is 257 g/mol. The van der Waals surface area contributed by atoms with Crippen LogP contribution in [-0.4, -0.2) is 26.5 Å². The van der Waals surface area contributed by atoms with Crippen LogP contribution in [0.3, 0.4) is 0 Å². The summed E-state index contributed by atoms with van der Waals surface area (Å²) in [6.45, 7) is 0. The van der Waals surface area contributed by atoms with Crippen molar-refractivity contribution in [1.82, 2.24) is 20.6 Å². The summed E-state index contributed by atoms with van der Waals surface area (Å²) in [4.78, 5) is 12.6. The largest absolute Gasteiger partial charge is 0.325 e. The van der Waals surface area contributed by atoms with Gasteiger partial charge in [0, 0.05) is 5.69 Å². The van der Waals surface area contributed by atoms with Gasteiger partial charge in [-0.2, -0.15) is 5.21 Å². The zero-order valence-electron chi connectivity index (χ0n) is 10.5. The van der Waals surface area contributed by atoms with E-state index in [1.165, 1.54) is 0 Å². The molecule has 1 fully saturated rings. The second-order valence-corrected chi connectivity index (χ2v) is 4.84. The first-order valence-electron chi connectivity index (χ1n) is 6.42. The summed E-state index contributed by atoms with van der Waals surface area (Å²) in [5, 5.41) is 17.0. The zero-order valence-corrected chi connectivity index (χ0v) is 10.5. The number of tetrazole rings is 1. The fourth-order valence-electron chi connectivity index (χ4n) is 2.67. The van der Waals surface area contributed by atoms with Gasteiger partial charge in [0.25, 0.3) is 0 Å². The van der Waals surface area contributed by atoms with E-state index in [1.54, 1.807) is 0 Å². The van der Waals surface area contributed by atoms with Crippen LogP contribution in [0.25, 0.3) is 0 Å². The molecule has 0 saturated heterocycles. The first-order chi connectivity index (χ1) is 9.31. The zero-order chi connectivity index (χ0) is 13.1. The molecule has 1 aliphatic carbocycles. The van der Waals surface area contributed by atoms with E-state index in [9.17, 15) is 4.79 Å². The molecule has 1 heterocycles. The molecule has 6 nitrogen and oxygen atoms in total. The summed E-state index contributed by atoms with van der Waals surface area (Å²) in [7, 11) is 0. The lowest BCUT2D eigenvalue weighted by atomic mass is 9.84. The quantitative estimate of drug-likeness (QED) is 0.875. The molecule has 1 aromatic carbocycles. The van der Waals surface area contributed by atoms with Crippen molar-refractivity contribution in [2.45, 2.75) is 31.1 Å². The van der Waals surface area contributed by atoms with Gasteiger partial charge in [0.1, 0.15) is 5.41 Å². The van der Waals surface area contributed by atoms with Crippen molar-refractivity contribution < 1.29 is 4.79 Å². The maximum Gasteiger partial charge on any atom is 0.238 e. The maximum atomic E-state index is 12.6. The number of anilines is 1. The molecule has 0 spiro atoms. The molecular weight excluding hydrogens is 242 g/mol. The van der Waals surface area contributed by atoms with E-state index < -0.39 is 5.41 Å². The van der Waals surface area contributed by atoms with Gasteiger partial charge in [-0.05, 0) is 25.0 Å². The average molecular weight is 257 g/mol. The molecule has 98 valence electrons. The van der Waals surface area contributed by atoms with Crippen LogP contribution in [-0.2, 0) is 10.2 Å². The van der Waals surface area contributed by atoms with E-state index in [0.29, 0.717) is 5.82 Å². The molecule has 6 heteroatoms. The van der Waals surface area contributed by atoms with E-state index in [0.717, 1.165) is 31.4 Å². The number of para-hydroxylation sites is 1. The van der Waals surface area contributed by atoms with E-state index >= 15 is 0 Å². The van der Waals surface area contributed by atoms with Crippen LogP contribution in [0.1, 0.15) is 31.5 Å². The first kappa shape index (κ1) is 11.8. The van der Waals surface area contributed by atoms with Gasteiger partial charge in [0.15, 0.2) is 5.82 Å². The minimum Gasteiger partial charge on any atom is -0.325 e.